The third-order valence-electron chi connectivity index (χ3n) is 3.75. The third kappa shape index (κ3) is 2.98. The highest BCUT2D eigenvalue weighted by Gasteiger charge is 2.23. The highest BCUT2D eigenvalue weighted by molar-refractivity contribution is 5.25. The molecule has 1 aliphatic carbocycles. The van der Waals surface area contributed by atoms with E-state index >= 15 is 0 Å². The number of allylic oxidation sites excluding steroid dienone is 1. The lowest BCUT2D eigenvalue weighted by atomic mass is 9.83. The van der Waals surface area contributed by atoms with E-state index in [1.165, 1.54) is 24.0 Å². The van der Waals surface area contributed by atoms with E-state index in [4.69, 9.17) is 0 Å². The Balaban J connectivity index is 2.15. The van der Waals surface area contributed by atoms with Gasteiger partial charge in [0.15, 0.2) is 0 Å². The zero-order valence-electron chi connectivity index (χ0n) is 10.6. The maximum absolute atomic E-state index is 10.5. The van der Waals surface area contributed by atoms with Crippen molar-refractivity contribution < 1.29 is 5.11 Å². The van der Waals surface area contributed by atoms with Crippen molar-refractivity contribution in [3.05, 3.63) is 47.5 Å². The molecule has 0 bridgehead atoms. The molecular formula is C16H22O. The summed E-state index contributed by atoms with van der Waals surface area (Å²) in [4.78, 5) is 0. The standard InChI is InChI=1S/C16H22O/c1-2-15(13-9-5-3-6-10-13)16(17)14-11-7-4-8-12-14/h3,5-6,9-11,15-17H,2,4,7-8,12H2,1H3. The van der Waals surface area contributed by atoms with Crippen LogP contribution < -0.4 is 0 Å². The molecule has 0 aromatic heterocycles. The molecule has 1 aliphatic rings. The van der Waals surface area contributed by atoms with Gasteiger partial charge in [0.25, 0.3) is 0 Å². The Hall–Kier alpha value is -1.08. The number of aliphatic hydroxyl groups excluding tert-OH is 1. The fraction of sp³-hybridized carbons (Fsp3) is 0.500. The summed E-state index contributed by atoms with van der Waals surface area (Å²) in [5.74, 6) is 0.251. The van der Waals surface area contributed by atoms with Gasteiger partial charge in [0, 0.05) is 5.92 Å². The Morgan fingerprint density at radius 3 is 2.53 bits per heavy atom. The molecule has 2 unspecified atom stereocenters. The van der Waals surface area contributed by atoms with Crippen molar-refractivity contribution in [1.29, 1.82) is 0 Å². The van der Waals surface area contributed by atoms with Crippen LogP contribution >= 0.6 is 0 Å². The van der Waals surface area contributed by atoms with E-state index in [1.807, 2.05) is 6.07 Å². The van der Waals surface area contributed by atoms with Crippen molar-refractivity contribution in [2.45, 2.75) is 51.0 Å². The molecule has 2 atom stereocenters. The molecule has 1 aromatic carbocycles. The van der Waals surface area contributed by atoms with Gasteiger partial charge in [0.05, 0.1) is 6.10 Å². The molecule has 0 aliphatic heterocycles. The van der Waals surface area contributed by atoms with Gasteiger partial charge in [-0.25, -0.2) is 0 Å². The minimum Gasteiger partial charge on any atom is -0.388 e. The largest absolute Gasteiger partial charge is 0.388 e. The van der Waals surface area contributed by atoms with Gasteiger partial charge in [-0.05, 0) is 43.2 Å². The monoisotopic (exact) mass is 230 g/mol. The molecule has 0 spiro atoms. The van der Waals surface area contributed by atoms with E-state index < -0.39 is 0 Å². The smallest absolute Gasteiger partial charge is 0.0818 e. The van der Waals surface area contributed by atoms with Crippen LogP contribution in [0.3, 0.4) is 0 Å². The second kappa shape index (κ2) is 6.02. The minimum absolute atomic E-state index is 0.251. The molecule has 0 radical (unpaired) electrons. The highest BCUT2D eigenvalue weighted by atomic mass is 16.3. The average molecular weight is 230 g/mol. The Bertz CT molecular complexity index is 366. The lowest BCUT2D eigenvalue weighted by molar-refractivity contribution is 0.169. The molecule has 1 heteroatoms. The van der Waals surface area contributed by atoms with Crippen LogP contribution in [-0.4, -0.2) is 11.2 Å². The van der Waals surface area contributed by atoms with Crippen molar-refractivity contribution in [3.8, 4) is 0 Å². The Labute approximate surface area is 104 Å². The molecule has 0 fully saturated rings. The van der Waals surface area contributed by atoms with Crippen molar-refractivity contribution >= 4 is 0 Å². The zero-order valence-corrected chi connectivity index (χ0v) is 10.6. The fourth-order valence-electron chi connectivity index (χ4n) is 2.73. The highest BCUT2D eigenvalue weighted by Crippen LogP contribution is 2.31. The summed E-state index contributed by atoms with van der Waals surface area (Å²) in [6.45, 7) is 2.16. The Kier molecular flexibility index (Phi) is 4.38. The van der Waals surface area contributed by atoms with Crippen molar-refractivity contribution in [2.75, 3.05) is 0 Å². The van der Waals surface area contributed by atoms with Crippen LogP contribution in [0.2, 0.25) is 0 Å². The van der Waals surface area contributed by atoms with Crippen LogP contribution in [-0.2, 0) is 0 Å². The molecule has 0 amide bonds. The predicted octanol–water partition coefficient (Wildman–Crippen LogP) is 4.04. The quantitative estimate of drug-likeness (QED) is 0.774. The van der Waals surface area contributed by atoms with Crippen LogP contribution in [0.25, 0.3) is 0 Å². The number of hydrogen-bond acceptors (Lipinski definition) is 1. The van der Waals surface area contributed by atoms with Gasteiger partial charge in [-0.15, -0.1) is 0 Å². The van der Waals surface area contributed by atoms with Crippen LogP contribution in [0.1, 0.15) is 50.5 Å². The number of benzene rings is 1. The lowest BCUT2D eigenvalue weighted by Crippen LogP contribution is -2.21. The summed E-state index contributed by atoms with van der Waals surface area (Å²) >= 11 is 0. The summed E-state index contributed by atoms with van der Waals surface area (Å²) in [5, 5.41) is 10.5. The Morgan fingerprint density at radius 2 is 1.94 bits per heavy atom. The van der Waals surface area contributed by atoms with Gasteiger partial charge in [0.2, 0.25) is 0 Å². The van der Waals surface area contributed by atoms with E-state index in [0.717, 1.165) is 19.3 Å². The first-order valence-electron chi connectivity index (χ1n) is 6.75. The predicted molar refractivity (Wildman–Crippen MR) is 72.0 cm³/mol. The third-order valence-corrected chi connectivity index (χ3v) is 3.75. The number of hydrogen-bond donors (Lipinski definition) is 1. The summed E-state index contributed by atoms with van der Waals surface area (Å²) in [6, 6.07) is 10.4. The van der Waals surface area contributed by atoms with E-state index in [1.54, 1.807) is 0 Å². The summed E-state index contributed by atoms with van der Waals surface area (Å²) in [6.07, 6.45) is 7.67. The number of aliphatic hydroxyl groups is 1. The first-order chi connectivity index (χ1) is 8.33. The summed E-state index contributed by atoms with van der Waals surface area (Å²) in [7, 11) is 0. The molecule has 2 rings (SSSR count). The number of rotatable bonds is 4. The second-order valence-electron chi connectivity index (χ2n) is 4.90. The van der Waals surface area contributed by atoms with E-state index in [9.17, 15) is 5.11 Å². The molecular weight excluding hydrogens is 208 g/mol. The van der Waals surface area contributed by atoms with Gasteiger partial charge in [-0.3, -0.25) is 0 Å². The first kappa shape index (κ1) is 12.4. The van der Waals surface area contributed by atoms with Gasteiger partial charge < -0.3 is 5.11 Å². The maximum atomic E-state index is 10.5. The zero-order chi connectivity index (χ0) is 12.1. The average Bonchev–Trinajstić information content (AvgIpc) is 2.42. The van der Waals surface area contributed by atoms with Crippen LogP contribution in [0.4, 0.5) is 0 Å². The molecule has 17 heavy (non-hydrogen) atoms. The van der Waals surface area contributed by atoms with Gasteiger partial charge in [-0.2, -0.15) is 0 Å². The molecule has 0 heterocycles. The summed E-state index contributed by atoms with van der Waals surface area (Å²) in [5.41, 5.74) is 2.51. The lowest BCUT2D eigenvalue weighted by Gasteiger charge is -2.26. The first-order valence-corrected chi connectivity index (χ1v) is 6.75. The van der Waals surface area contributed by atoms with Crippen LogP contribution in [0.15, 0.2) is 42.0 Å². The van der Waals surface area contributed by atoms with Gasteiger partial charge in [-0.1, -0.05) is 43.3 Å². The molecule has 1 nitrogen and oxygen atoms in total. The Morgan fingerprint density at radius 1 is 1.18 bits per heavy atom. The van der Waals surface area contributed by atoms with Crippen molar-refractivity contribution in [2.24, 2.45) is 0 Å². The molecule has 92 valence electrons. The maximum Gasteiger partial charge on any atom is 0.0818 e. The van der Waals surface area contributed by atoms with Crippen LogP contribution in [0.5, 0.6) is 0 Å². The normalized spacial score (nSPS) is 19.5. The van der Waals surface area contributed by atoms with Gasteiger partial charge >= 0.3 is 0 Å². The summed E-state index contributed by atoms with van der Waals surface area (Å²) < 4.78 is 0. The molecule has 1 aromatic rings. The SMILES string of the molecule is CCC(c1ccccc1)C(O)C1=CCCCC1. The minimum atomic E-state index is -0.289. The molecule has 0 saturated heterocycles. The van der Waals surface area contributed by atoms with Gasteiger partial charge in [0.1, 0.15) is 0 Å². The van der Waals surface area contributed by atoms with Crippen LogP contribution in [0, 0.1) is 0 Å². The van der Waals surface area contributed by atoms with Crippen molar-refractivity contribution in [1.82, 2.24) is 0 Å². The van der Waals surface area contributed by atoms with Crippen molar-refractivity contribution in [3.63, 3.8) is 0 Å². The van der Waals surface area contributed by atoms with E-state index in [2.05, 4.69) is 37.3 Å². The van der Waals surface area contributed by atoms with E-state index in [-0.39, 0.29) is 12.0 Å². The second-order valence-corrected chi connectivity index (χ2v) is 4.90. The fourth-order valence-corrected chi connectivity index (χ4v) is 2.73. The van der Waals surface area contributed by atoms with E-state index in [0.29, 0.717) is 0 Å². The topological polar surface area (TPSA) is 20.2 Å². The molecule has 1 N–H and O–H groups in total. The molecule has 0 saturated carbocycles.